The summed E-state index contributed by atoms with van der Waals surface area (Å²) in [5.41, 5.74) is 0.718. The van der Waals surface area contributed by atoms with Gasteiger partial charge in [0.2, 0.25) is 0 Å². The molecule has 12 heteroatoms. The Bertz CT molecular complexity index is 1430. The number of Topliss-reactive ketones (excluding diaryl/α,β-unsaturated/α-hetero) is 1. The van der Waals surface area contributed by atoms with Crippen LogP contribution in [0, 0.1) is 35.5 Å². The van der Waals surface area contributed by atoms with Crippen molar-refractivity contribution in [1.29, 1.82) is 0 Å². The minimum atomic E-state index is -0.695. The first-order valence-electron chi connectivity index (χ1n) is 21.7. The van der Waals surface area contributed by atoms with Gasteiger partial charge in [-0.1, -0.05) is 38.2 Å². The van der Waals surface area contributed by atoms with Crippen molar-refractivity contribution in [2.75, 3.05) is 42.0 Å². The third-order valence-electron chi connectivity index (χ3n) is 13.8. The molecule has 4 fully saturated rings. The van der Waals surface area contributed by atoms with E-state index in [-0.39, 0.29) is 103 Å². The van der Waals surface area contributed by atoms with Crippen molar-refractivity contribution in [2.24, 2.45) is 35.5 Å². The maximum Gasteiger partial charge on any atom is 0.307 e. The molecular weight excluding hydrogens is 730 g/mol. The molecule has 0 radical (unpaired) electrons. The molecule has 6 aliphatic rings. The number of hydrogen-bond donors (Lipinski definition) is 0. The van der Waals surface area contributed by atoms with Gasteiger partial charge in [-0.2, -0.15) is 0 Å². The summed E-state index contributed by atoms with van der Waals surface area (Å²) in [6, 6.07) is 0.319. The van der Waals surface area contributed by atoms with Crippen molar-refractivity contribution in [3.63, 3.8) is 0 Å². The van der Waals surface area contributed by atoms with Gasteiger partial charge in [-0.05, 0) is 109 Å². The van der Waals surface area contributed by atoms with Crippen LogP contribution in [-0.4, -0.2) is 132 Å². The van der Waals surface area contributed by atoms with Crippen LogP contribution in [0.1, 0.15) is 86.0 Å². The molecular formula is C45H71NO11. The van der Waals surface area contributed by atoms with Gasteiger partial charge in [-0.25, -0.2) is 0 Å². The van der Waals surface area contributed by atoms with Crippen molar-refractivity contribution < 1.29 is 52.2 Å². The third-order valence-corrected chi connectivity index (χ3v) is 13.8. The largest absolute Gasteiger partial charge is 0.458 e. The van der Waals surface area contributed by atoms with E-state index in [1.54, 1.807) is 21.3 Å². The van der Waals surface area contributed by atoms with Gasteiger partial charge in [0.1, 0.15) is 24.4 Å². The van der Waals surface area contributed by atoms with Gasteiger partial charge in [-0.15, -0.1) is 0 Å². The highest BCUT2D eigenvalue weighted by Gasteiger charge is 2.56. The van der Waals surface area contributed by atoms with Crippen LogP contribution in [0.5, 0.6) is 0 Å². The van der Waals surface area contributed by atoms with Crippen LogP contribution in [-0.2, 0) is 52.2 Å². The topological polar surface area (TPSA) is 120 Å². The predicted molar refractivity (Wildman–Crippen MR) is 214 cm³/mol. The van der Waals surface area contributed by atoms with E-state index in [0.29, 0.717) is 31.9 Å². The Morgan fingerprint density at radius 3 is 2.21 bits per heavy atom. The second kappa shape index (κ2) is 20.0. The number of fused-ring (bicyclic) bond motifs is 5. The Morgan fingerprint density at radius 1 is 0.807 bits per heavy atom. The summed E-state index contributed by atoms with van der Waals surface area (Å²) in [4.78, 5) is 30.9. The fourth-order valence-corrected chi connectivity index (χ4v) is 10.9. The number of ketones is 1. The Labute approximate surface area is 341 Å². The number of esters is 1. The predicted octanol–water partition coefficient (Wildman–Crippen LogP) is 6.06. The molecule has 57 heavy (non-hydrogen) atoms. The van der Waals surface area contributed by atoms with Crippen LogP contribution in [0.25, 0.3) is 0 Å². The molecule has 1 saturated carbocycles. The number of likely N-dealkylation sites (N-methyl/N-ethyl adjacent to an activating group) is 1. The van der Waals surface area contributed by atoms with Crippen molar-refractivity contribution >= 4 is 11.8 Å². The Balaban J connectivity index is 1.27. The monoisotopic (exact) mass is 802 g/mol. The normalized spacial score (nSPS) is 44.2. The SMILES string of the molecule is CC/C=C/[C@H]1CCC[C@H](O[C@H]2CC[C@H](N(C)C)[C@@H](C)O2)[C@@H](C)C(=O)C2=CC3C(C=CC4C3C[C@H](O[C@@H]3O[C@@H](C)[C@H](OC)[C@@H](OC)[C@H]3OC)[C@H]4OCC)C2CC(=O)O1. The summed E-state index contributed by atoms with van der Waals surface area (Å²) in [5, 5.41) is 0. The van der Waals surface area contributed by atoms with Gasteiger partial charge in [-0.3, -0.25) is 9.59 Å². The van der Waals surface area contributed by atoms with Crippen molar-refractivity contribution in [3.05, 3.63) is 36.0 Å². The highest BCUT2D eigenvalue weighted by Crippen LogP contribution is 2.55. The van der Waals surface area contributed by atoms with Crippen molar-refractivity contribution in [3.8, 4) is 0 Å². The van der Waals surface area contributed by atoms with E-state index in [2.05, 4.69) is 57.1 Å². The first-order valence-corrected chi connectivity index (χ1v) is 21.7. The molecule has 0 N–H and O–H groups in total. The fraction of sp³-hybridized carbons (Fsp3) is 0.822. The van der Waals surface area contributed by atoms with Gasteiger partial charge in [0.15, 0.2) is 18.4 Å². The number of ether oxygens (including phenoxy) is 9. The Hall–Kier alpha value is -2.00. The van der Waals surface area contributed by atoms with Crippen LogP contribution >= 0.6 is 0 Å². The smallest absolute Gasteiger partial charge is 0.307 e. The lowest BCUT2D eigenvalue weighted by atomic mass is 9.70. The number of carbonyl (C=O) groups is 2. The van der Waals surface area contributed by atoms with Crippen LogP contribution in [0.15, 0.2) is 36.0 Å². The van der Waals surface area contributed by atoms with Gasteiger partial charge >= 0.3 is 5.97 Å². The molecule has 0 aromatic carbocycles. The molecule has 0 bridgehead atoms. The van der Waals surface area contributed by atoms with Gasteiger partial charge in [0, 0.05) is 51.7 Å². The number of methoxy groups -OCH3 is 3. The second-order valence-electron chi connectivity index (χ2n) is 17.4. The minimum absolute atomic E-state index is 0.0142. The molecule has 0 aromatic rings. The lowest BCUT2D eigenvalue weighted by molar-refractivity contribution is -0.320. The van der Waals surface area contributed by atoms with E-state index < -0.39 is 18.3 Å². The van der Waals surface area contributed by atoms with Crippen molar-refractivity contribution in [1.82, 2.24) is 4.90 Å². The standard InChI is InChI=1S/C45H71NO11/c1-11-13-15-28-16-14-17-36(56-39-21-20-35(46(6)7)26(4)53-39)25(3)40(48)34-22-31-29(33(34)24-38(47)55-28)18-19-30-32(31)23-37(42(30)52-12-2)57-45-44(51-10)43(50-9)41(49-8)27(5)54-45/h13,15,18-19,22,25-33,35-37,39,41-45H,11-12,14,16-17,20-21,23-24H2,1-10H3/b15-13+/t25-,26-,27+,28+,29?,30?,31?,32?,33?,35+,36+,37+,39+,41+,42+,43-,44-,45+/m1/s1. The van der Waals surface area contributed by atoms with Gasteiger partial charge in [0.25, 0.3) is 0 Å². The van der Waals surface area contributed by atoms with Gasteiger partial charge < -0.3 is 47.5 Å². The van der Waals surface area contributed by atoms with E-state index in [1.807, 2.05) is 26.8 Å². The number of nitrogens with zero attached hydrogens (tertiary/aromatic N) is 1. The summed E-state index contributed by atoms with van der Waals surface area (Å²) in [6.45, 7) is 10.7. The second-order valence-corrected chi connectivity index (χ2v) is 17.4. The van der Waals surface area contributed by atoms with Crippen LogP contribution < -0.4 is 0 Å². The van der Waals surface area contributed by atoms with Gasteiger partial charge in [0.05, 0.1) is 36.9 Å². The number of hydrogen-bond acceptors (Lipinski definition) is 12. The highest BCUT2D eigenvalue weighted by molar-refractivity contribution is 5.99. The molecule has 322 valence electrons. The fourth-order valence-electron chi connectivity index (χ4n) is 10.9. The van der Waals surface area contributed by atoms with E-state index >= 15 is 0 Å². The molecule has 3 saturated heterocycles. The first-order chi connectivity index (χ1) is 27.4. The first kappa shape index (κ1) is 44.5. The minimum Gasteiger partial charge on any atom is -0.458 e. The Morgan fingerprint density at radius 2 is 1.54 bits per heavy atom. The van der Waals surface area contributed by atoms with E-state index in [0.717, 1.165) is 31.3 Å². The average molecular weight is 802 g/mol. The molecule has 0 spiro atoms. The lowest BCUT2D eigenvalue weighted by Gasteiger charge is -2.44. The molecule has 3 aliphatic carbocycles. The maximum atomic E-state index is 14.9. The maximum absolute atomic E-state index is 14.9. The zero-order valence-electron chi connectivity index (χ0n) is 36.1. The number of carbonyl (C=O) groups excluding carboxylic acids is 2. The molecule has 6 rings (SSSR count). The van der Waals surface area contributed by atoms with E-state index in [9.17, 15) is 9.59 Å². The van der Waals surface area contributed by atoms with Crippen LogP contribution in [0.4, 0.5) is 0 Å². The summed E-state index contributed by atoms with van der Waals surface area (Å²) >= 11 is 0. The van der Waals surface area contributed by atoms with E-state index in [4.69, 9.17) is 42.6 Å². The van der Waals surface area contributed by atoms with Crippen molar-refractivity contribution in [2.45, 2.75) is 160 Å². The number of cyclic esters (lactones) is 1. The molecule has 3 aliphatic heterocycles. The number of rotatable bonds is 12. The summed E-state index contributed by atoms with van der Waals surface area (Å²) in [7, 11) is 9.11. The molecule has 5 unspecified atom stereocenters. The lowest BCUT2D eigenvalue weighted by Crippen LogP contribution is -2.60. The van der Waals surface area contributed by atoms with E-state index in [1.165, 1.54) is 0 Å². The number of allylic oxidation sites excluding steroid dienone is 4. The molecule has 0 amide bonds. The highest BCUT2D eigenvalue weighted by atomic mass is 16.7. The summed E-state index contributed by atoms with van der Waals surface area (Å²) < 4.78 is 56.6. The van der Waals surface area contributed by atoms with Crippen LogP contribution in [0.3, 0.4) is 0 Å². The summed E-state index contributed by atoms with van der Waals surface area (Å²) in [6.07, 6.45) is 12.5. The summed E-state index contributed by atoms with van der Waals surface area (Å²) in [5.74, 6) is -0.792. The zero-order valence-corrected chi connectivity index (χ0v) is 36.1. The Kier molecular flexibility index (Phi) is 15.7. The molecule has 0 aromatic heterocycles. The average Bonchev–Trinajstić information content (AvgIpc) is 3.72. The molecule has 3 heterocycles. The zero-order chi connectivity index (χ0) is 41.0. The third kappa shape index (κ3) is 9.65. The molecule has 18 atom stereocenters. The molecule has 12 nitrogen and oxygen atoms in total. The van der Waals surface area contributed by atoms with Crippen LogP contribution in [0.2, 0.25) is 0 Å². The quantitative estimate of drug-likeness (QED) is 0.169.